The van der Waals surface area contributed by atoms with Gasteiger partial charge in [-0.25, -0.2) is 14.6 Å². The first-order valence-electron chi connectivity index (χ1n) is 7.15. The number of aromatic nitrogens is 1. The van der Waals surface area contributed by atoms with Gasteiger partial charge in [-0.2, -0.15) is 0 Å². The van der Waals surface area contributed by atoms with Crippen LogP contribution in [-0.4, -0.2) is 27.8 Å². The number of hydrogen-bond acceptors (Lipinski definition) is 4. The van der Waals surface area contributed by atoms with Gasteiger partial charge in [-0.3, -0.25) is 5.32 Å². The molecule has 0 spiro atoms. The van der Waals surface area contributed by atoms with Crippen LogP contribution in [-0.2, 0) is 4.74 Å². The molecule has 1 aromatic carbocycles. The van der Waals surface area contributed by atoms with Crippen molar-refractivity contribution >= 4 is 29.4 Å². The van der Waals surface area contributed by atoms with E-state index in [1.54, 1.807) is 45.0 Å². The number of anilines is 1. The van der Waals surface area contributed by atoms with Gasteiger partial charge >= 0.3 is 12.1 Å². The second-order valence-corrected chi connectivity index (χ2v) is 6.43. The molecule has 0 aliphatic rings. The number of nitrogens with one attached hydrogen (secondary N) is 1. The molecule has 0 radical (unpaired) electrons. The average Bonchev–Trinajstić information content (AvgIpc) is 2.45. The van der Waals surface area contributed by atoms with Gasteiger partial charge in [-0.15, -0.1) is 0 Å². The number of rotatable bonds is 3. The van der Waals surface area contributed by atoms with Gasteiger partial charge in [0, 0.05) is 17.4 Å². The zero-order valence-electron chi connectivity index (χ0n) is 13.5. The lowest BCUT2D eigenvalue weighted by atomic mass is 10.1. The lowest BCUT2D eigenvalue weighted by molar-refractivity contribution is 0.0634. The highest BCUT2D eigenvalue weighted by atomic mass is 35.5. The van der Waals surface area contributed by atoms with Crippen molar-refractivity contribution in [2.45, 2.75) is 26.4 Å². The normalized spacial score (nSPS) is 11.0. The van der Waals surface area contributed by atoms with E-state index in [0.717, 1.165) is 0 Å². The van der Waals surface area contributed by atoms with Gasteiger partial charge in [0.1, 0.15) is 10.8 Å². The summed E-state index contributed by atoms with van der Waals surface area (Å²) in [6, 6.07) is 8.34. The molecule has 126 valence electrons. The van der Waals surface area contributed by atoms with Crippen LogP contribution < -0.4 is 5.32 Å². The molecule has 0 fully saturated rings. The zero-order valence-corrected chi connectivity index (χ0v) is 14.2. The summed E-state index contributed by atoms with van der Waals surface area (Å²) >= 11 is 5.77. The van der Waals surface area contributed by atoms with Crippen LogP contribution >= 0.6 is 11.6 Å². The Morgan fingerprint density at radius 3 is 2.54 bits per heavy atom. The Labute approximate surface area is 144 Å². The fraction of sp³-hybridized carbons (Fsp3) is 0.235. The Hall–Kier alpha value is -2.60. The fourth-order valence-corrected chi connectivity index (χ4v) is 2.14. The first-order chi connectivity index (χ1) is 11.2. The summed E-state index contributed by atoms with van der Waals surface area (Å²) in [6.07, 6.45) is 0.904. The molecule has 0 aliphatic carbocycles. The largest absolute Gasteiger partial charge is 0.478 e. The number of carboxylic acid groups (broad SMARTS) is 1. The summed E-state index contributed by atoms with van der Waals surface area (Å²) in [6.45, 7) is 5.32. The number of carbonyl (C=O) groups excluding carboxylic acids is 1. The molecule has 1 heterocycles. The molecule has 24 heavy (non-hydrogen) atoms. The third-order valence-corrected chi connectivity index (χ3v) is 3.21. The molecule has 6 nitrogen and oxygen atoms in total. The Balaban J connectivity index is 2.26. The number of ether oxygens (including phenoxy) is 1. The summed E-state index contributed by atoms with van der Waals surface area (Å²) in [7, 11) is 0. The first kappa shape index (κ1) is 17.7. The van der Waals surface area contributed by atoms with Crippen LogP contribution in [0.2, 0.25) is 5.15 Å². The summed E-state index contributed by atoms with van der Waals surface area (Å²) in [5.41, 5.74) is 1.10. The van der Waals surface area contributed by atoms with E-state index in [2.05, 4.69) is 10.3 Å². The number of carboxylic acids is 1. The highest BCUT2D eigenvalue weighted by Crippen LogP contribution is 2.25. The monoisotopic (exact) mass is 348 g/mol. The number of aromatic carboxylic acids is 1. The van der Waals surface area contributed by atoms with Crippen LogP contribution in [0.3, 0.4) is 0 Å². The van der Waals surface area contributed by atoms with E-state index in [-0.39, 0.29) is 10.7 Å². The van der Waals surface area contributed by atoms with Gasteiger partial charge in [0.15, 0.2) is 0 Å². The van der Waals surface area contributed by atoms with Crippen LogP contribution in [0, 0.1) is 0 Å². The summed E-state index contributed by atoms with van der Waals surface area (Å²) in [5.74, 6) is -1.16. The molecule has 0 unspecified atom stereocenters. The number of halogens is 1. The Bertz CT molecular complexity index is 784. The lowest BCUT2D eigenvalue weighted by Gasteiger charge is -2.19. The van der Waals surface area contributed by atoms with E-state index in [0.29, 0.717) is 16.8 Å². The van der Waals surface area contributed by atoms with Crippen molar-refractivity contribution in [2.75, 3.05) is 5.32 Å². The maximum Gasteiger partial charge on any atom is 0.412 e. The van der Waals surface area contributed by atoms with E-state index in [1.165, 1.54) is 12.3 Å². The van der Waals surface area contributed by atoms with Crippen molar-refractivity contribution in [3.05, 3.63) is 47.2 Å². The smallest absolute Gasteiger partial charge is 0.412 e. The summed E-state index contributed by atoms with van der Waals surface area (Å²) < 4.78 is 5.20. The highest BCUT2D eigenvalue weighted by Gasteiger charge is 2.16. The standard InChI is InChI=1S/C17H17ClN2O4/c1-17(2,3)24-16(23)20-12-6-4-5-10(7-12)11-8-13(15(21)22)14(18)19-9-11/h4-9H,1-3H3,(H,20,23)(H,21,22). The number of amides is 1. The topological polar surface area (TPSA) is 88.5 Å². The highest BCUT2D eigenvalue weighted by molar-refractivity contribution is 6.32. The average molecular weight is 349 g/mol. The minimum absolute atomic E-state index is 0.0747. The quantitative estimate of drug-likeness (QED) is 0.800. The Morgan fingerprint density at radius 1 is 1.21 bits per heavy atom. The molecule has 1 aromatic heterocycles. The van der Waals surface area contributed by atoms with Crippen molar-refractivity contribution in [3.8, 4) is 11.1 Å². The van der Waals surface area contributed by atoms with Crippen molar-refractivity contribution in [2.24, 2.45) is 0 Å². The van der Waals surface area contributed by atoms with Gasteiger partial charge < -0.3 is 9.84 Å². The number of benzene rings is 1. The van der Waals surface area contributed by atoms with E-state index in [9.17, 15) is 9.59 Å². The van der Waals surface area contributed by atoms with E-state index >= 15 is 0 Å². The van der Waals surface area contributed by atoms with E-state index < -0.39 is 17.7 Å². The Morgan fingerprint density at radius 2 is 1.92 bits per heavy atom. The van der Waals surface area contributed by atoms with Gasteiger partial charge in [-0.1, -0.05) is 23.7 Å². The second-order valence-electron chi connectivity index (χ2n) is 6.08. The van der Waals surface area contributed by atoms with E-state index in [1.807, 2.05) is 0 Å². The van der Waals surface area contributed by atoms with Gasteiger partial charge in [0.25, 0.3) is 0 Å². The molecule has 7 heteroatoms. The van der Waals surface area contributed by atoms with Crippen LogP contribution in [0.4, 0.5) is 10.5 Å². The van der Waals surface area contributed by atoms with Crippen molar-refractivity contribution < 1.29 is 19.4 Å². The third kappa shape index (κ3) is 4.70. The molecular weight excluding hydrogens is 332 g/mol. The summed E-state index contributed by atoms with van der Waals surface area (Å²) in [5, 5.41) is 11.7. The Kier molecular flexibility index (Phi) is 5.09. The lowest BCUT2D eigenvalue weighted by Crippen LogP contribution is -2.27. The minimum atomic E-state index is -1.16. The number of pyridine rings is 1. The minimum Gasteiger partial charge on any atom is -0.478 e. The molecule has 1 amide bonds. The first-order valence-corrected chi connectivity index (χ1v) is 7.53. The van der Waals surface area contributed by atoms with Crippen LogP contribution in [0.25, 0.3) is 11.1 Å². The molecular formula is C17H17ClN2O4. The number of carbonyl (C=O) groups is 2. The maximum atomic E-state index is 11.8. The van der Waals surface area contributed by atoms with E-state index in [4.69, 9.17) is 21.4 Å². The van der Waals surface area contributed by atoms with Gasteiger partial charge in [0.2, 0.25) is 0 Å². The summed E-state index contributed by atoms with van der Waals surface area (Å²) in [4.78, 5) is 26.9. The van der Waals surface area contributed by atoms with Crippen LogP contribution in [0.15, 0.2) is 36.5 Å². The van der Waals surface area contributed by atoms with Crippen molar-refractivity contribution in [1.29, 1.82) is 0 Å². The molecule has 0 bridgehead atoms. The van der Waals surface area contributed by atoms with Gasteiger partial charge in [-0.05, 0) is 44.5 Å². The van der Waals surface area contributed by atoms with Crippen LogP contribution in [0.1, 0.15) is 31.1 Å². The molecule has 2 aromatic rings. The molecule has 2 rings (SSSR count). The van der Waals surface area contributed by atoms with Crippen LogP contribution in [0.5, 0.6) is 0 Å². The molecule has 0 atom stereocenters. The van der Waals surface area contributed by atoms with Crippen molar-refractivity contribution in [3.63, 3.8) is 0 Å². The molecule has 2 N–H and O–H groups in total. The zero-order chi connectivity index (χ0) is 17.9. The van der Waals surface area contributed by atoms with Gasteiger partial charge in [0.05, 0.1) is 5.56 Å². The maximum absolute atomic E-state index is 11.8. The number of nitrogens with zero attached hydrogens (tertiary/aromatic N) is 1. The van der Waals surface area contributed by atoms with Crippen molar-refractivity contribution in [1.82, 2.24) is 4.98 Å². The predicted octanol–water partition coefficient (Wildman–Crippen LogP) is 4.45. The third-order valence-electron chi connectivity index (χ3n) is 2.91. The molecule has 0 aliphatic heterocycles. The fourth-order valence-electron chi connectivity index (χ4n) is 1.95. The SMILES string of the molecule is CC(C)(C)OC(=O)Nc1cccc(-c2cnc(Cl)c(C(=O)O)c2)c1. The predicted molar refractivity (Wildman–Crippen MR) is 91.5 cm³/mol. The number of hydrogen-bond donors (Lipinski definition) is 2. The second kappa shape index (κ2) is 6.88. The molecule has 0 saturated carbocycles. The molecule has 0 saturated heterocycles.